The highest BCUT2D eigenvalue weighted by atomic mass is 32.1. The number of aryl methyl sites for hydroxylation is 2. The maximum Gasteiger partial charge on any atom is 0.284 e. The van der Waals surface area contributed by atoms with Crippen LogP contribution in [0, 0.1) is 13.8 Å². The fourth-order valence-corrected chi connectivity index (χ4v) is 4.25. The standard InChI is InChI=1S/C26H22N6OS/c1-16-7-9-18(10-8-16)28-23-15-17(2)27-26(32-23)30-20-13-11-19(12-14-20)29-24(33)25-31-21-5-3-4-6-22(21)34-25/h3-15H,1-2H3,(H,29,33)(H2,27,28,30,32). The zero-order chi connectivity index (χ0) is 23.5. The molecule has 0 atom stereocenters. The van der Waals surface area contributed by atoms with E-state index in [9.17, 15) is 4.79 Å². The van der Waals surface area contributed by atoms with Crippen LogP contribution in [0.15, 0.2) is 78.9 Å². The molecule has 3 N–H and O–H groups in total. The third kappa shape index (κ3) is 5.02. The minimum Gasteiger partial charge on any atom is -0.340 e. The van der Waals surface area contributed by atoms with Gasteiger partial charge < -0.3 is 16.0 Å². The van der Waals surface area contributed by atoms with Gasteiger partial charge in [0.15, 0.2) is 5.01 Å². The number of nitrogens with one attached hydrogen (secondary N) is 3. The Kier molecular flexibility index (Phi) is 5.88. The van der Waals surface area contributed by atoms with Crippen LogP contribution < -0.4 is 16.0 Å². The molecule has 0 unspecified atom stereocenters. The molecule has 0 saturated carbocycles. The summed E-state index contributed by atoms with van der Waals surface area (Å²) in [6.07, 6.45) is 0. The average molecular weight is 467 g/mol. The quantitative estimate of drug-likeness (QED) is 0.267. The van der Waals surface area contributed by atoms with Crippen LogP contribution in [0.4, 0.5) is 28.8 Å². The molecule has 0 saturated heterocycles. The van der Waals surface area contributed by atoms with E-state index < -0.39 is 0 Å². The maximum absolute atomic E-state index is 12.6. The summed E-state index contributed by atoms with van der Waals surface area (Å²) in [6, 6.07) is 25.1. The predicted molar refractivity (Wildman–Crippen MR) is 139 cm³/mol. The van der Waals surface area contributed by atoms with Crippen molar-refractivity contribution in [2.45, 2.75) is 13.8 Å². The fourth-order valence-electron chi connectivity index (χ4n) is 3.39. The van der Waals surface area contributed by atoms with E-state index in [-0.39, 0.29) is 5.91 Å². The SMILES string of the molecule is Cc1ccc(Nc2cc(C)nc(Nc3ccc(NC(=O)c4nc5ccccc5s4)cc3)n2)cc1. The lowest BCUT2D eigenvalue weighted by Gasteiger charge is -2.11. The molecule has 0 aliphatic heterocycles. The van der Waals surface area contributed by atoms with Gasteiger partial charge in [0.05, 0.1) is 10.2 Å². The lowest BCUT2D eigenvalue weighted by molar-refractivity contribution is 0.102. The van der Waals surface area contributed by atoms with Crippen molar-refractivity contribution in [1.82, 2.24) is 15.0 Å². The zero-order valence-electron chi connectivity index (χ0n) is 18.7. The van der Waals surface area contributed by atoms with Gasteiger partial charge >= 0.3 is 0 Å². The van der Waals surface area contributed by atoms with Gasteiger partial charge in [-0.05, 0) is 62.4 Å². The van der Waals surface area contributed by atoms with E-state index in [2.05, 4.69) is 37.8 Å². The van der Waals surface area contributed by atoms with Gasteiger partial charge in [0.25, 0.3) is 5.91 Å². The normalized spacial score (nSPS) is 10.8. The second kappa shape index (κ2) is 9.29. The highest BCUT2D eigenvalue weighted by Gasteiger charge is 2.12. The van der Waals surface area contributed by atoms with Crippen LogP contribution in [0.5, 0.6) is 0 Å². The number of para-hydroxylation sites is 1. The lowest BCUT2D eigenvalue weighted by atomic mass is 10.2. The number of hydrogen-bond acceptors (Lipinski definition) is 7. The number of fused-ring (bicyclic) bond motifs is 1. The van der Waals surface area contributed by atoms with Gasteiger partial charge in [0.2, 0.25) is 5.95 Å². The van der Waals surface area contributed by atoms with Gasteiger partial charge in [0, 0.05) is 28.8 Å². The topological polar surface area (TPSA) is 91.8 Å². The Balaban J connectivity index is 1.26. The van der Waals surface area contributed by atoms with E-state index in [1.54, 1.807) is 0 Å². The summed E-state index contributed by atoms with van der Waals surface area (Å²) in [5.41, 5.74) is 5.32. The summed E-state index contributed by atoms with van der Waals surface area (Å²) < 4.78 is 0.988. The van der Waals surface area contributed by atoms with E-state index in [0.29, 0.717) is 22.5 Å². The summed E-state index contributed by atoms with van der Waals surface area (Å²) in [4.78, 5) is 26.0. The second-order valence-corrected chi connectivity index (χ2v) is 8.88. The molecule has 0 aliphatic rings. The van der Waals surface area contributed by atoms with E-state index in [4.69, 9.17) is 0 Å². The van der Waals surface area contributed by atoms with Gasteiger partial charge in [-0.15, -0.1) is 11.3 Å². The Labute approximate surface area is 200 Å². The number of aromatic nitrogens is 3. The Morgan fingerprint density at radius 2 is 1.44 bits per heavy atom. The van der Waals surface area contributed by atoms with Crippen LogP contribution in [-0.2, 0) is 0 Å². The number of nitrogens with zero attached hydrogens (tertiary/aromatic N) is 3. The van der Waals surface area contributed by atoms with Gasteiger partial charge in [-0.2, -0.15) is 4.98 Å². The van der Waals surface area contributed by atoms with E-state index >= 15 is 0 Å². The van der Waals surface area contributed by atoms with Crippen molar-refractivity contribution in [2.75, 3.05) is 16.0 Å². The number of carbonyl (C=O) groups excluding carboxylic acids is 1. The minimum atomic E-state index is -0.226. The average Bonchev–Trinajstić information content (AvgIpc) is 3.26. The summed E-state index contributed by atoms with van der Waals surface area (Å²) in [5, 5.41) is 9.87. The van der Waals surface area contributed by atoms with Crippen molar-refractivity contribution in [1.29, 1.82) is 0 Å². The molecular weight excluding hydrogens is 444 g/mol. The summed E-state index contributed by atoms with van der Waals surface area (Å²) >= 11 is 1.38. The van der Waals surface area contributed by atoms with Crippen molar-refractivity contribution < 1.29 is 4.79 Å². The monoisotopic (exact) mass is 466 g/mol. The molecule has 8 heteroatoms. The number of benzene rings is 3. The van der Waals surface area contributed by atoms with E-state index in [1.807, 2.05) is 85.8 Å². The van der Waals surface area contributed by atoms with E-state index in [1.165, 1.54) is 16.9 Å². The number of carbonyl (C=O) groups is 1. The number of anilines is 5. The molecule has 1 amide bonds. The van der Waals surface area contributed by atoms with Crippen molar-refractivity contribution in [2.24, 2.45) is 0 Å². The van der Waals surface area contributed by atoms with Crippen molar-refractivity contribution in [3.05, 3.63) is 95.1 Å². The second-order valence-electron chi connectivity index (χ2n) is 7.85. The van der Waals surface area contributed by atoms with Gasteiger partial charge in [-0.1, -0.05) is 29.8 Å². The fraction of sp³-hybridized carbons (Fsp3) is 0.0769. The molecule has 168 valence electrons. The number of hydrogen-bond donors (Lipinski definition) is 3. The third-order valence-electron chi connectivity index (χ3n) is 5.07. The van der Waals surface area contributed by atoms with Crippen LogP contribution >= 0.6 is 11.3 Å². The molecular formula is C26H22N6OS. The van der Waals surface area contributed by atoms with Crippen LogP contribution in [0.2, 0.25) is 0 Å². The first-order valence-electron chi connectivity index (χ1n) is 10.8. The van der Waals surface area contributed by atoms with Crippen LogP contribution in [0.3, 0.4) is 0 Å². The first kappa shape index (κ1) is 21.5. The van der Waals surface area contributed by atoms with Crippen molar-refractivity contribution in [3.8, 4) is 0 Å². The molecule has 34 heavy (non-hydrogen) atoms. The molecule has 0 aliphatic carbocycles. The Bertz CT molecular complexity index is 1430. The molecule has 2 aromatic heterocycles. The Morgan fingerprint density at radius 3 is 2.21 bits per heavy atom. The molecule has 3 aromatic carbocycles. The largest absolute Gasteiger partial charge is 0.340 e. The van der Waals surface area contributed by atoms with Crippen molar-refractivity contribution >= 4 is 56.3 Å². The lowest BCUT2D eigenvalue weighted by Crippen LogP contribution is -2.11. The minimum absolute atomic E-state index is 0.226. The smallest absolute Gasteiger partial charge is 0.284 e. The summed E-state index contributed by atoms with van der Waals surface area (Å²) in [6.45, 7) is 3.98. The first-order valence-corrected chi connectivity index (χ1v) is 11.6. The number of amides is 1. The van der Waals surface area contributed by atoms with E-state index in [0.717, 1.165) is 27.3 Å². The number of rotatable bonds is 6. The van der Waals surface area contributed by atoms with Crippen LogP contribution in [-0.4, -0.2) is 20.9 Å². The third-order valence-corrected chi connectivity index (χ3v) is 6.10. The van der Waals surface area contributed by atoms with Crippen LogP contribution in [0.25, 0.3) is 10.2 Å². The highest BCUT2D eigenvalue weighted by molar-refractivity contribution is 7.20. The van der Waals surface area contributed by atoms with Gasteiger partial charge in [-0.3, -0.25) is 4.79 Å². The molecule has 0 bridgehead atoms. The van der Waals surface area contributed by atoms with Crippen molar-refractivity contribution in [3.63, 3.8) is 0 Å². The van der Waals surface area contributed by atoms with Gasteiger partial charge in [0.1, 0.15) is 5.82 Å². The summed E-state index contributed by atoms with van der Waals surface area (Å²) in [5.74, 6) is 0.968. The highest BCUT2D eigenvalue weighted by Crippen LogP contribution is 2.24. The maximum atomic E-state index is 12.6. The zero-order valence-corrected chi connectivity index (χ0v) is 19.5. The van der Waals surface area contributed by atoms with Crippen LogP contribution in [0.1, 0.15) is 21.1 Å². The molecule has 5 rings (SSSR count). The molecule has 5 aromatic rings. The van der Waals surface area contributed by atoms with Gasteiger partial charge in [-0.25, -0.2) is 9.97 Å². The molecule has 0 spiro atoms. The molecule has 0 fully saturated rings. The molecule has 7 nitrogen and oxygen atoms in total. The molecule has 0 radical (unpaired) electrons. The number of thiazole rings is 1. The molecule has 2 heterocycles. The predicted octanol–water partition coefficient (Wildman–Crippen LogP) is 6.44. The Morgan fingerprint density at radius 1 is 0.765 bits per heavy atom. The Hall–Kier alpha value is -4.30. The summed E-state index contributed by atoms with van der Waals surface area (Å²) in [7, 11) is 0. The first-order chi connectivity index (χ1) is 16.5.